The first-order valence-electron chi connectivity index (χ1n) is 3.78. The molecule has 2 heteroatoms. The molecule has 0 amide bonds. The standard InChI is InChI=1S/C10H10FN/c1-4-9-8(7(2)3)5-6-10(11)12-9/h1,5-7H,2-3H3. The van der Waals surface area contributed by atoms with E-state index in [9.17, 15) is 4.39 Å². The molecular weight excluding hydrogens is 153 g/mol. The first kappa shape index (κ1) is 8.73. The minimum Gasteiger partial charge on any atom is -0.211 e. The van der Waals surface area contributed by atoms with Crippen molar-refractivity contribution in [1.29, 1.82) is 0 Å². The fraction of sp³-hybridized carbons (Fsp3) is 0.300. The van der Waals surface area contributed by atoms with Crippen LogP contribution >= 0.6 is 0 Å². The highest BCUT2D eigenvalue weighted by Crippen LogP contribution is 2.16. The predicted octanol–water partition coefficient (Wildman–Crippen LogP) is 2.33. The summed E-state index contributed by atoms with van der Waals surface area (Å²) in [5, 5.41) is 0. The molecule has 1 aromatic rings. The van der Waals surface area contributed by atoms with Crippen LogP contribution in [0.15, 0.2) is 12.1 Å². The Kier molecular flexibility index (Phi) is 2.44. The Morgan fingerprint density at radius 2 is 2.17 bits per heavy atom. The zero-order valence-electron chi connectivity index (χ0n) is 7.13. The molecule has 0 saturated heterocycles. The first-order chi connectivity index (χ1) is 5.65. The van der Waals surface area contributed by atoms with Gasteiger partial charge in [0, 0.05) is 0 Å². The lowest BCUT2D eigenvalue weighted by atomic mass is 10.0. The molecule has 0 N–H and O–H groups in total. The van der Waals surface area contributed by atoms with Crippen molar-refractivity contribution in [1.82, 2.24) is 4.98 Å². The van der Waals surface area contributed by atoms with E-state index in [1.54, 1.807) is 6.07 Å². The topological polar surface area (TPSA) is 12.9 Å². The summed E-state index contributed by atoms with van der Waals surface area (Å²) in [5.41, 5.74) is 1.32. The van der Waals surface area contributed by atoms with E-state index in [1.807, 2.05) is 13.8 Å². The van der Waals surface area contributed by atoms with Crippen LogP contribution in [0.1, 0.15) is 31.0 Å². The van der Waals surface area contributed by atoms with Crippen LogP contribution in [0.2, 0.25) is 0 Å². The number of halogens is 1. The summed E-state index contributed by atoms with van der Waals surface area (Å²) in [6, 6.07) is 3.01. The van der Waals surface area contributed by atoms with E-state index in [1.165, 1.54) is 6.07 Å². The average molecular weight is 163 g/mol. The second-order valence-electron chi connectivity index (χ2n) is 2.87. The molecule has 12 heavy (non-hydrogen) atoms. The van der Waals surface area contributed by atoms with Crippen LogP contribution in [0.5, 0.6) is 0 Å². The van der Waals surface area contributed by atoms with E-state index in [2.05, 4.69) is 10.9 Å². The van der Waals surface area contributed by atoms with Gasteiger partial charge in [0.25, 0.3) is 0 Å². The first-order valence-corrected chi connectivity index (χ1v) is 3.78. The van der Waals surface area contributed by atoms with E-state index in [0.717, 1.165) is 5.56 Å². The van der Waals surface area contributed by atoms with Gasteiger partial charge in [-0.15, -0.1) is 6.42 Å². The molecule has 0 aromatic carbocycles. The van der Waals surface area contributed by atoms with E-state index in [-0.39, 0.29) is 5.92 Å². The molecule has 1 heterocycles. The van der Waals surface area contributed by atoms with Crippen LogP contribution in [0.4, 0.5) is 4.39 Å². The van der Waals surface area contributed by atoms with Crippen LogP contribution in [0.25, 0.3) is 0 Å². The maximum atomic E-state index is 12.6. The van der Waals surface area contributed by atoms with Crippen molar-refractivity contribution in [3.63, 3.8) is 0 Å². The molecule has 0 aliphatic heterocycles. The lowest BCUT2D eigenvalue weighted by molar-refractivity contribution is 0.579. The highest BCUT2D eigenvalue weighted by atomic mass is 19.1. The van der Waals surface area contributed by atoms with Gasteiger partial charge in [0.2, 0.25) is 5.95 Å². The minimum atomic E-state index is -0.521. The third-order valence-electron chi connectivity index (χ3n) is 1.65. The normalized spacial score (nSPS) is 9.92. The number of aromatic nitrogens is 1. The van der Waals surface area contributed by atoms with Crippen LogP contribution in [-0.2, 0) is 0 Å². The largest absolute Gasteiger partial charge is 0.214 e. The van der Waals surface area contributed by atoms with Crippen molar-refractivity contribution in [2.75, 3.05) is 0 Å². The monoisotopic (exact) mass is 163 g/mol. The van der Waals surface area contributed by atoms with Crippen molar-refractivity contribution >= 4 is 0 Å². The number of pyridine rings is 1. The van der Waals surface area contributed by atoms with Gasteiger partial charge in [0.05, 0.1) is 0 Å². The molecule has 1 nitrogen and oxygen atoms in total. The molecule has 0 saturated carbocycles. The second-order valence-corrected chi connectivity index (χ2v) is 2.87. The van der Waals surface area contributed by atoms with Gasteiger partial charge in [-0.3, -0.25) is 0 Å². The predicted molar refractivity (Wildman–Crippen MR) is 46.2 cm³/mol. The Morgan fingerprint density at radius 1 is 1.50 bits per heavy atom. The number of hydrogen-bond acceptors (Lipinski definition) is 1. The Labute approximate surface area is 71.6 Å². The zero-order chi connectivity index (χ0) is 9.14. The minimum absolute atomic E-state index is 0.282. The molecule has 62 valence electrons. The fourth-order valence-electron chi connectivity index (χ4n) is 1.03. The molecule has 0 aliphatic carbocycles. The summed E-state index contributed by atoms with van der Waals surface area (Å²) >= 11 is 0. The fourth-order valence-corrected chi connectivity index (χ4v) is 1.03. The Hall–Kier alpha value is -1.36. The molecule has 0 radical (unpaired) electrons. The van der Waals surface area contributed by atoms with Gasteiger partial charge in [0.15, 0.2) is 0 Å². The van der Waals surface area contributed by atoms with Gasteiger partial charge < -0.3 is 0 Å². The van der Waals surface area contributed by atoms with Gasteiger partial charge in [-0.25, -0.2) is 4.98 Å². The van der Waals surface area contributed by atoms with Crippen LogP contribution < -0.4 is 0 Å². The third-order valence-corrected chi connectivity index (χ3v) is 1.65. The van der Waals surface area contributed by atoms with E-state index in [4.69, 9.17) is 6.42 Å². The number of hydrogen-bond donors (Lipinski definition) is 0. The maximum Gasteiger partial charge on any atom is 0.214 e. The van der Waals surface area contributed by atoms with E-state index >= 15 is 0 Å². The summed E-state index contributed by atoms with van der Waals surface area (Å²) < 4.78 is 12.6. The molecule has 1 aromatic heterocycles. The van der Waals surface area contributed by atoms with Crippen LogP contribution in [0.3, 0.4) is 0 Å². The summed E-state index contributed by atoms with van der Waals surface area (Å²) in [5.74, 6) is 2.13. The molecule has 1 rings (SSSR count). The lowest BCUT2D eigenvalue weighted by Gasteiger charge is -2.06. The van der Waals surface area contributed by atoms with E-state index < -0.39 is 5.95 Å². The van der Waals surface area contributed by atoms with Crippen molar-refractivity contribution in [2.24, 2.45) is 0 Å². The van der Waals surface area contributed by atoms with Crippen molar-refractivity contribution in [3.8, 4) is 12.3 Å². The molecule has 0 fully saturated rings. The van der Waals surface area contributed by atoms with E-state index in [0.29, 0.717) is 5.69 Å². The smallest absolute Gasteiger partial charge is 0.211 e. The molecule has 0 aliphatic rings. The quantitative estimate of drug-likeness (QED) is 0.457. The van der Waals surface area contributed by atoms with Gasteiger partial charge >= 0.3 is 0 Å². The van der Waals surface area contributed by atoms with Crippen LogP contribution in [0, 0.1) is 18.3 Å². The summed E-state index contributed by atoms with van der Waals surface area (Å²) in [7, 11) is 0. The molecule has 0 bridgehead atoms. The van der Waals surface area contributed by atoms with Gasteiger partial charge in [0.1, 0.15) is 5.69 Å². The zero-order valence-corrected chi connectivity index (χ0v) is 7.13. The summed E-state index contributed by atoms with van der Waals surface area (Å²) in [4.78, 5) is 3.61. The number of terminal acetylenes is 1. The molecule has 0 atom stereocenters. The highest BCUT2D eigenvalue weighted by Gasteiger charge is 2.06. The third kappa shape index (κ3) is 1.62. The van der Waals surface area contributed by atoms with Crippen molar-refractivity contribution in [2.45, 2.75) is 19.8 Å². The van der Waals surface area contributed by atoms with Gasteiger partial charge in [-0.1, -0.05) is 19.9 Å². The van der Waals surface area contributed by atoms with Crippen molar-refractivity contribution < 1.29 is 4.39 Å². The molecular formula is C10H10FN. The van der Waals surface area contributed by atoms with Crippen molar-refractivity contribution in [3.05, 3.63) is 29.3 Å². The molecule has 0 spiro atoms. The Bertz CT molecular complexity index is 323. The SMILES string of the molecule is C#Cc1nc(F)ccc1C(C)C. The van der Waals surface area contributed by atoms with Gasteiger partial charge in [-0.05, 0) is 23.5 Å². The summed E-state index contributed by atoms with van der Waals surface area (Å²) in [6.07, 6.45) is 5.18. The Balaban J connectivity index is 3.23. The number of nitrogens with zero attached hydrogens (tertiary/aromatic N) is 1. The lowest BCUT2D eigenvalue weighted by Crippen LogP contribution is -1.97. The highest BCUT2D eigenvalue weighted by molar-refractivity contribution is 5.35. The van der Waals surface area contributed by atoms with Crippen LogP contribution in [-0.4, -0.2) is 4.98 Å². The average Bonchev–Trinajstić information content (AvgIpc) is 2.03. The number of rotatable bonds is 1. The maximum absolute atomic E-state index is 12.6. The molecule has 0 unspecified atom stereocenters. The van der Waals surface area contributed by atoms with Gasteiger partial charge in [-0.2, -0.15) is 4.39 Å². The Morgan fingerprint density at radius 3 is 2.67 bits per heavy atom. The second kappa shape index (κ2) is 3.36. The summed E-state index contributed by atoms with van der Waals surface area (Å²) in [6.45, 7) is 3.99.